The smallest absolute Gasteiger partial charge is 0.350 e. The SMILES string of the molecule is Cc1nc2c3c(nc(=O)n2C)N2C(C)CN(C)CC2CCN(C)c3c1Cl. The number of aryl methyl sites for hydroxylation is 2. The number of nitrogens with zero attached hydrogens (tertiary/aromatic N) is 6. The number of fused-ring (bicyclic) bond motifs is 2. The highest BCUT2D eigenvalue weighted by atomic mass is 35.5. The molecule has 0 amide bonds. The summed E-state index contributed by atoms with van der Waals surface area (Å²) in [5.74, 6) is 0.727. The zero-order chi connectivity index (χ0) is 18.7. The molecular formula is C18H25ClN6O. The zero-order valence-corrected chi connectivity index (χ0v) is 16.7. The summed E-state index contributed by atoms with van der Waals surface area (Å²) in [6.45, 7) is 6.87. The summed E-state index contributed by atoms with van der Waals surface area (Å²) in [5.41, 5.74) is 2.03. The van der Waals surface area contributed by atoms with E-state index in [9.17, 15) is 4.79 Å². The van der Waals surface area contributed by atoms with Crippen LogP contribution in [0, 0.1) is 6.92 Å². The second-order valence-electron chi connectivity index (χ2n) is 7.68. The van der Waals surface area contributed by atoms with E-state index < -0.39 is 0 Å². The second kappa shape index (κ2) is 6.09. The summed E-state index contributed by atoms with van der Waals surface area (Å²) in [6.07, 6.45) is 0.987. The average Bonchev–Trinajstić information content (AvgIpc) is 2.56. The summed E-state index contributed by atoms with van der Waals surface area (Å²) in [5, 5.41) is 1.52. The first kappa shape index (κ1) is 17.5. The van der Waals surface area contributed by atoms with E-state index in [1.807, 2.05) is 6.92 Å². The molecule has 0 aromatic carbocycles. The minimum absolute atomic E-state index is 0.262. The maximum Gasteiger partial charge on any atom is 0.350 e. The third kappa shape index (κ3) is 2.48. The lowest BCUT2D eigenvalue weighted by molar-refractivity contribution is 0.226. The molecule has 0 bridgehead atoms. The zero-order valence-electron chi connectivity index (χ0n) is 16.0. The number of halogens is 1. The Morgan fingerprint density at radius 2 is 1.88 bits per heavy atom. The molecule has 2 aliphatic rings. The van der Waals surface area contributed by atoms with Gasteiger partial charge in [-0.3, -0.25) is 4.57 Å². The van der Waals surface area contributed by atoms with Gasteiger partial charge in [0.2, 0.25) is 0 Å². The molecule has 2 aromatic heterocycles. The number of likely N-dealkylation sites (N-methyl/N-ethyl adjacent to an activating group) is 1. The van der Waals surface area contributed by atoms with Crippen molar-refractivity contribution in [1.29, 1.82) is 0 Å². The standard InChI is InChI=1S/C18H25ClN6O/c1-10-8-22(3)9-12-6-7-23(4)15-13-16(20-11(2)14(15)19)24(5)18(26)21-17(13)25(10)12/h10,12H,6-9H2,1-5H3. The van der Waals surface area contributed by atoms with Crippen molar-refractivity contribution in [2.24, 2.45) is 7.05 Å². The Labute approximate surface area is 158 Å². The largest absolute Gasteiger partial charge is 0.373 e. The summed E-state index contributed by atoms with van der Waals surface area (Å²) < 4.78 is 1.52. The number of aromatic nitrogens is 3. The van der Waals surface area contributed by atoms with E-state index in [1.54, 1.807) is 7.05 Å². The maximum absolute atomic E-state index is 12.6. The number of pyridine rings is 1. The fourth-order valence-electron chi connectivity index (χ4n) is 4.44. The van der Waals surface area contributed by atoms with Gasteiger partial charge < -0.3 is 14.7 Å². The van der Waals surface area contributed by atoms with Gasteiger partial charge in [0.15, 0.2) is 0 Å². The monoisotopic (exact) mass is 376 g/mol. The number of rotatable bonds is 0. The molecule has 2 unspecified atom stereocenters. The van der Waals surface area contributed by atoms with Crippen LogP contribution in [0.15, 0.2) is 4.79 Å². The van der Waals surface area contributed by atoms with Gasteiger partial charge in [0.25, 0.3) is 0 Å². The minimum atomic E-state index is -0.277. The van der Waals surface area contributed by atoms with Crippen molar-refractivity contribution < 1.29 is 0 Å². The fourth-order valence-corrected chi connectivity index (χ4v) is 4.73. The van der Waals surface area contributed by atoms with Gasteiger partial charge >= 0.3 is 5.69 Å². The van der Waals surface area contributed by atoms with Gasteiger partial charge in [0.05, 0.1) is 21.8 Å². The normalized spacial score (nSPS) is 23.8. The number of anilines is 2. The van der Waals surface area contributed by atoms with E-state index in [-0.39, 0.29) is 11.7 Å². The van der Waals surface area contributed by atoms with Gasteiger partial charge in [-0.05, 0) is 27.3 Å². The second-order valence-corrected chi connectivity index (χ2v) is 8.05. The van der Waals surface area contributed by atoms with E-state index in [2.05, 4.69) is 45.7 Å². The molecule has 1 saturated heterocycles. The van der Waals surface area contributed by atoms with E-state index in [0.717, 1.165) is 48.6 Å². The van der Waals surface area contributed by atoms with Crippen LogP contribution in [-0.4, -0.2) is 65.2 Å². The summed E-state index contributed by atoms with van der Waals surface area (Å²) in [7, 11) is 5.93. The molecule has 26 heavy (non-hydrogen) atoms. The van der Waals surface area contributed by atoms with Gasteiger partial charge in [-0.25, -0.2) is 9.78 Å². The van der Waals surface area contributed by atoms with E-state index in [4.69, 9.17) is 11.6 Å². The molecule has 4 heterocycles. The lowest BCUT2D eigenvalue weighted by atomic mass is 10.0. The Hall–Kier alpha value is -1.86. The van der Waals surface area contributed by atoms with E-state index >= 15 is 0 Å². The van der Waals surface area contributed by atoms with E-state index in [0.29, 0.717) is 16.7 Å². The Kier molecular flexibility index (Phi) is 4.11. The number of hydrogen-bond acceptors (Lipinski definition) is 6. The van der Waals surface area contributed by atoms with Gasteiger partial charge in [0, 0.05) is 45.8 Å². The first-order valence-corrected chi connectivity index (χ1v) is 9.42. The van der Waals surface area contributed by atoms with Crippen molar-refractivity contribution in [2.75, 3.05) is 43.5 Å². The van der Waals surface area contributed by atoms with Gasteiger partial charge in [-0.1, -0.05) is 11.6 Å². The van der Waals surface area contributed by atoms with Crippen LogP contribution in [0.3, 0.4) is 0 Å². The van der Waals surface area contributed by atoms with Crippen LogP contribution in [0.5, 0.6) is 0 Å². The molecule has 0 spiro atoms. The van der Waals surface area contributed by atoms with Gasteiger partial charge in [-0.2, -0.15) is 4.98 Å². The highest BCUT2D eigenvalue weighted by Crippen LogP contribution is 2.41. The molecule has 2 atom stereocenters. The third-order valence-corrected chi connectivity index (χ3v) is 6.13. The van der Waals surface area contributed by atoms with Crippen molar-refractivity contribution in [2.45, 2.75) is 32.4 Å². The Balaban J connectivity index is 2.12. The first-order chi connectivity index (χ1) is 12.3. The van der Waals surface area contributed by atoms with Gasteiger partial charge in [0.1, 0.15) is 11.5 Å². The van der Waals surface area contributed by atoms with E-state index in [1.165, 1.54) is 4.57 Å². The molecule has 140 valence electrons. The third-order valence-electron chi connectivity index (χ3n) is 5.68. The highest BCUT2D eigenvalue weighted by Gasteiger charge is 2.36. The summed E-state index contributed by atoms with van der Waals surface area (Å²) in [4.78, 5) is 28.6. The quantitative estimate of drug-likeness (QED) is 0.696. The van der Waals surface area contributed by atoms with Crippen LogP contribution in [0.25, 0.3) is 11.0 Å². The fraction of sp³-hybridized carbons (Fsp3) is 0.611. The van der Waals surface area contributed by atoms with Crippen LogP contribution in [0.4, 0.5) is 11.5 Å². The van der Waals surface area contributed by atoms with Crippen molar-refractivity contribution in [1.82, 2.24) is 19.4 Å². The van der Waals surface area contributed by atoms with Crippen LogP contribution in [-0.2, 0) is 7.05 Å². The molecule has 2 aliphatic heterocycles. The molecule has 0 aliphatic carbocycles. The maximum atomic E-state index is 12.6. The molecule has 1 fully saturated rings. The van der Waals surface area contributed by atoms with Crippen molar-refractivity contribution in [3.8, 4) is 0 Å². The Morgan fingerprint density at radius 1 is 1.15 bits per heavy atom. The minimum Gasteiger partial charge on any atom is -0.373 e. The highest BCUT2D eigenvalue weighted by molar-refractivity contribution is 6.35. The molecule has 0 radical (unpaired) electrons. The van der Waals surface area contributed by atoms with Crippen LogP contribution < -0.4 is 15.5 Å². The Morgan fingerprint density at radius 3 is 2.62 bits per heavy atom. The summed E-state index contributed by atoms with van der Waals surface area (Å²) in [6, 6.07) is 0.570. The summed E-state index contributed by atoms with van der Waals surface area (Å²) >= 11 is 6.68. The molecule has 8 heteroatoms. The molecule has 0 N–H and O–H groups in total. The topological polar surface area (TPSA) is 57.5 Å². The van der Waals surface area contributed by atoms with Crippen molar-refractivity contribution in [3.63, 3.8) is 0 Å². The lowest BCUT2D eigenvalue weighted by Crippen LogP contribution is -2.58. The molecule has 4 rings (SSSR count). The number of hydrogen-bond donors (Lipinski definition) is 0. The van der Waals surface area contributed by atoms with Crippen molar-refractivity contribution in [3.05, 3.63) is 21.2 Å². The van der Waals surface area contributed by atoms with Crippen molar-refractivity contribution >= 4 is 34.1 Å². The van der Waals surface area contributed by atoms with Crippen LogP contribution in [0.2, 0.25) is 5.02 Å². The average molecular weight is 377 g/mol. The number of piperazine rings is 1. The predicted molar refractivity (Wildman–Crippen MR) is 106 cm³/mol. The first-order valence-electron chi connectivity index (χ1n) is 9.04. The molecule has 2 aromatic rings. The van der Waals surface area contributed by atoms with Gasteiger partial charge in [-0.15, -0.1) is 0 Å². The molecule has 7 nitrogen and oxygen atoms in total. The molecular weight excluding hydrogens is 352 g/mol. The Bertz CT molecular complexity index is 942. The van der Waals surface area contributed by atoms with Crippen LogP contribution in [0.1, 0.15) is 19.0 Å². The predicted octanol–water partition coefficient (Wildman–Crippen LogP) is 1.64. The lowest BCUT2D eigenvalue weighted by Gasteiger charge is -2.47. The van der Waals surface area contributed by atoms with Crippen LogP contribution >= 0.6 is 11.6 Å². The molecule has 0 saturated carbocycles.